The van der Waals surface area contributed by atoms with Crippen molar-refractivity contribution in [1.82, 2.24) is 10.6 Å². The van der Waals surface area contributed by atoms with Crippen LogP contribution < -0.4 is 10.6 Å². The highest BCUT2D eigenvalue weighted by molar-refractivity contribution is 5.85. The van der Waals surface area contributed by atoms with Gasteiger partial charge in [-0.15, -0.1) is 0 Å². The molecule has 0 aromatic carbocycles. The Hall–Kier alpha value is -1.26. The van der Waals surface area contributed by atoms with Gasteiger partial charge in [0.05, 0.1) is 0 Å². The number of amides is 2. The standard InChI is InChI=1S/C12H22N2O3/c1-3-12(2,10(15)16)14-11(17)13-9-7-5-4-6-8-9/h9H,3-8H2,1-2H3,(H,15,16)(H2,13,14,17). The molecule has 0 radical (unpaired) electrons. The number of hydrogen-bond donors (Lipinski definition) is 3. The van der Waals surface area contributed by atoms with Gasteiger partial charge in [0.2, 0.25) is 0 Å². The third kappa shape index (κ3) is 3.91. The first-order valence-electron chi connectivity index (χ1n) is 6.30. The summed E-state index contributed by atoms with van der Waals surface area (Å²) >= 11 is 0. The normalized spacial score (nSPS) is 20.4. The van der Waals surface area contributed by atoms with E-state index in [9.17, 15) is 9.59 Å². The summed E-state index contributed by atoms with van der Waals surface area (Å²) in [6.07, 6.45) is 5.83. The van der Waals surface area contributed by atoms with Crippen molar-refractivity contribution in [2.75, 3.05) is 0 Å². The average molecular weight is 242 g/mol. The van der Waals surface area contributed by atoms with E-state index in [2.05, 4.69) is 10.6 Å². The number of carboxylic acid groups (broad SMARTS) is 1. The van der Waals surface area contributed by atoms with Crippen molar-refractivity contribution in [3.63, 3.8) is 0 Å². The predicted molar refractivity (Wildman–Crippen MR) is 64.9 cm³/mol. The third-order valence-electron chi connectivity index (χ3n) is 3.51. The van der Waals surface area contributed by atoms with E-state index in [0.717, 1.165) is 25.7 Å². The molecule has 0 aliphatic heterocycles. The minimum atomic E-state index is -1.18. The Balaban J connectivity index is 2.44. The van der Waals surface area contributed by atoms with Crippen molar-refractivity contribution in [2.45, 2.75) is 64.0 Å². The van der Waals surface area contributed by atoms with Gasteiger partial charge in [-0.25, -0.2) is 9.59 Å². The second kappa shape index (κ2) is 5.89. The van der Waals surface area contributed by atoms with Gasteiger partial charge < -0.3 is 15.7 Å². The number of carboxylic acids is 1. The van der Waals surface area contributed by atoms with Gasteiger partial charge in [-0.3, -0.25) is 0 Å². The number of aliphatic carboxylic acids is 1. The molecule has 0 aromatic rings. The molecule has 0 bridgehead atoms. The lowest BCUT2D eigenvalue weighted by Crippen LogP contribution is -2.56. The van der Waals surface area contributed by atoms with E-state index >= 15 is 0 Å². The molecule has 3 N–H and O–H groups in total. The van der Waals surface area contributed by atoms with Crippen molar-refractivity contribution in [3.05, 3.63) is 0 Å². The van der Waals surface area contributed by atoms with E-state index in [1.54, 1.807) is 6.92 Å². The van der Waals surface area contributed by atoms with E-state index in [0.29, 0.717) is 6.42 Å². The zero-order valence-corrected chi connectivity index (χ0v) is 10.6. The van der Waals surface area contributed by atoms with Gasteiger partial charge in [0.25, 0.3) is 0 Å². The SMILES string of the molecule is CCC(C)(NC(=O)NC1CCCCC1)C(=O)O. The summed E-state index contributed by atoms with van der Waals surface area (Å²) in [5.74, 6) is -1.00. The maximum Gasteiger partial charge on any atom is 0.329 e. The average Bonchev–Trinajstić information content (AvgIpc) is 2.29. The lowest BCUT2D eigenvalue weighted by atomic mass is 9.95. The Morgan fingerprint density at radius 2 is 1.88 bits per heavy atom. The molecule has 1 aliphatic carbocycles. The fourth-order valence-corrected chi connectivity index (χ4v) is 2.01. The van der Waals surface area contributed by atoms with Gasteiger partial charge in [-0.1, -0.05) is 26.2 Å². The van der Waals surface area contributed by atoms with Gasteiger partial charge in [-0.2, -0.15) is 0 Å². The molecule has 5 nitrogen and oxygen atoms in total. The van der Waals surface area contributed by atoms with Crippen LogP contribution >= 0.6 is 0 Å². The largest absolute Gasteiger partial charge is 0.480 e. The van der Waals surface area contributed by atoms with Gasteiger partial charge >= 0.3 is 12.0 Å². The van der Waals surface area contributed by atoms with Crippen molar-refractivity contribution in [3.8, 4) is 0 Å². The van der Waals surface area contributed by atoms with Crippen molar-refractivity contribution < 1.29 is 14.7 Å². The number of carbonyl (C=O) groups excluding carboxylic acids is 1. The highest BCUT2D eigenvalue weighted by atomic mass is 16.4. The van der Waals surface area contributed by atoms with Crippen molar-refractivity contribution in [1.29, 1.82) is 0 Å². The number of urea groups is 1. The van der Waals surface area contributed by atoms with Crippen molar-refractivity contribution >= 4 is 12.0 Å². The second-order valence-corrected chi connectivity index (χ2v) is 4.92. The fourth-order valence-electron chi connectivity index (χ4n) is 2.01. The molecule has 1 saturated carbocycles. The van der Waals surface area contributed by atoms with Gasteiger partial charge in [-0.05, 0) is 26.2 Å². The molecular weight excluding hydrogens is 220 g/mol. The first kappa shape index (κ1) is 13.8. The monoisotopic (exact) mass is 242 g/mol. The summed E-state index contributed by atoms with van der Waals surface area (Å²) in [7, 11) is 0. The molecule has 1 unspecified atom stereocenters. The Morgan fingerprint density at radius 3 is 2.35 bits per heavy atom. The molecule has 17 heavy (non-hydrogen) atoms. The van der Waals surface area contributed by atoms with Gasteiger partial charge in [0.1, 0.15) is 5.54 Å². The summed E-state index contributed by atoms with van der Waals surface area (Å²) in [5, 5.41) is 14.4. The van der Waals surface area contributed by atoms with Crippen LogP contribution in [0.2, 0.25) is 0 Å². The molecule has 1 fully saturated rings. The molecule has 1 rings (SSSR count). The van der Waals surface area contributed by atoms with Crippen LogP contribution in [0.5, 0.6) is 0 Å². The minimum absolute atomic E-state index is 0.193. The smallest absolute Gasteiger partial charge is 0.329 e. The van der Waals surface area contributed by atoms with E-state index in [-0.39, 0.29) is 12.1 Å². The fraction of sp³-hybridized carbons (Fsp3) is 0.833. The van der Waals surface area contributed by atoms with Crippen LogP contribution in [0.3, 0.4) is 0 Å². The second-order valence-electron chi connectivity index (χ2n) is 4.92. The lowest BCUT2D eigenvalue weighted by Gasteiger charge is -2.28. The van der Waals surface area contributed by atoms with Crippen LogP contribution in [0.1, 0.15) is 52.4 Å². The van der Waals surface area contributed by atoms with E-state index in [4.69, 9.17) is 5.11 Å². The third-order valence-corrected chi connectivity index (χ3v) is 3.51. The van der Waals surface area contributed by atoms with E-state index < -0.39 is 11.5 Å². The van der Waals surface area contributed by atoms with E-state index in [1.165, 1.54) is 13.3 Å². The highest BCUT2D eigenvalue weighted by Gasteiger charge is 2.33. The Bertz CT molecular complexity index is 287. The Labute approximate surface area is 102 Å². The molecule has 98 valence electrons. The van der Waals surface area contributed by atoms with Crippen LogP contribution in [-0.2, 0) is 4.79 Å². The van der Waals surface area contributed by atoms with Gasteiger partial charge in [0.15, 0.2) is 0 Å². The van der Waals surface area contributed by atoms with Crippen LogP contribution in [-0.4, -0.2) is 28.7 Å². The minimum Gasteiger partial charge on any atom is -0.480 e. The van der Waals surface area contributed by atoms with Crippen LogP contribution in [0.15, 0.2) is 0 Å². The first-order valence-corrected chi connectivity index (χ1v) is 6.30. The van der Waals surface area contributed by atoms with Crippen LogP contribution in [0, 0.1) is 0 Å². The molecule has 1 aliphatic rings. The summed E-state index contributed by atoms with van der Waals surface area (Å²) in [5.41, 5.74) is -1.18. The van der Waals surface area contributed by atoms with Crippen LogP contribution in [0.4, 0.5) is 4.79 Å². The maximum atomic E-state index is 11.7. The molecule has 2 amide bonds. The number of carbonyl (C=O) groups is 2. The molecule has 5 heteroatoms. The molecule has 0 aromatic heterocycles. The highest BCUT2D eigenvalue weighted by Crippen LogP contribution is 2.17. The Kier molecular flexibility index (Phi) is 4.78. The zero-order chi connectivity index (χ0) is 12.9. The molecule has 0 saturated heterocycles. The summed E-state index contributed by atoms with van der Waals surface area (Å²) in [6.45, 7) is 3.27. The topological polar surface area (TPSA) is 78.4 Å². The zero-order valence-electron chi connectivity index (χ0n) is 10.6. The number of nitrogens with one attached hydrogen (secondary N) is 2. The maximum absolute atomic E-state index is 11.7. The number of hydrogen-bond acceptors (Lipinski definition) is 2. The quantitative estimate of drug-likeness (QED) is 0.704. The van der Waals surface area contributed by atoms with Crippen molar-refractivity contribution in [2.24, 2.45) is 0 Å². The van der Waals surface area contributed by atoms with Crippen LogP contribution in [0.25, 0.3) is 0 Å². The molecule has 0 spiro atoms. The predicted octanol–water partition coefficient (Wildman–Crippen LogP) is 1.87. The molecular formula is C12H22N2O3. The first-order chi connectivity index (χ1) is 7.98. The molecule has 0 heterocycles. The molecule has 1 atom stereocenters. The summed E-state index contributed by atoms with van der Waals surface area (Å²) in [4.78, 5) is 22.7. The van der Waals surface area contributed by atoms with E-state index in [1.807, 2.05) is 0 Å². The number of rotatable bonds is 4. The lowest BCUT2D eigenvalue weighted by molar-refractivity contribution is -0.143. The summed E-state index contributed by atoms with van der Waals surface area (Å²) < 4.78 is 0. The Morgan fingerprint density at radius 1 is 1.29 bits per heavy atom. The van der Waals surface area contributed by atoms with Gasteiger partial charge in [0, 0.05) is 6.04 Å². The summed E-state index contributed by atoms with van der Waals surface area (Å²) in [6, 6.07) is -0.178.